The number of carbonyl (C=O) groups excluding carboxylic acids is 1. The Kier molecular flexibility index (Phi) is 4.90. The molecule has 126 valence electrons. The predicted octanol–water partition coefficient (Wildman–Crippen LogP) is 2.17. The molecular weight excluding hydrogens is 304 g/mol. The predicted molar refractivity (Wildman–Crippen MR) is 95.6 cm³/mol. The lowest BCUT2D eigenvalue weighted by atomic mass is 10.0. The van der Waals surface area contributed by atoms with E-state index in [1.54, 1.807) is 6.20 Å². The number of nitrogens with one attached hydrogen (secondary N) is 3. The van der Waals surface area contributed by atoms with E-state index in [-0.39, 0.29) is 5.91 Å². The van der Waals surface area contributed by atoms with Crippen LogP contribution in [0.3, 0.4) is 0 Å². The third-order valence-electron chi connectivity index (χ3n) is 3.90. The monoisotopic (exact) mass is 326 g/mol. The Hall–Kier alpha value is -2.67. The number of aryl methyl sites for hydroxylation is 2. The maximum absolute atomic E-state index is 11.4. The molecule has 0 bridgehead atoms. The summed E-state index contributed by atoms with van der Waals surface area (Å²) < 4.78 is 0. The maximum atomic E-state index is 11.4. The molecule has 1 aromatic heterocycles. The van der Waals surface area contributed by atoms with E-state index in [0.29, 0.717) is 18.9 Å². The molecule has 5 N–H and O–H groups in total. The van der Waals surface area contributed by atoms with Gasteiger partial charge >= 0.3 is 0 Å². The van der Waals surface area contributed by atoms with Gasteiger partial charge in [-0.25, -0.2) is 4.98 Å². The highest BCUT2D eigenvalue weighted by Crippen LogP contribution is 2.27. The van der Waals surface area contributed by atoms with Crippen LogP contribution in [0.1, 0.15) is 24.0 Å². The van der Waals surface area contributed by atoms with Gasteiger partial charge in [0, 0.05) is 36.1 Å². The van der Waals surface area contributed by atoms with Crippen LogP contribution in [0.4, 0.5) is 23.1 Å². The summed E-state index contributed by atoms with van der Waals surface area (Å²) in [5, 5.41) is 9.38. The molecule has 1 aromatic carbocycles. The Bertz CT molecular complexity index is 746. The molecule has 0 unspecified atom stereocenters. The van der Waals surface area contributed by atoms with Crippen molar-refractivity contribution in [2.45, 2.75) is 26.2 Å². The van der Waals surface area contributed by atoms with E-state index < -0.39 is 0 Å². The van der Waals surface area contributed by atoms with Gasteiger partial charge in [-0.05, 0) is 50.1 Å². The van der Waals surface area contributed by atoms with Crippen LogP contribution >= 0.6 is 0 Å². The number of anilines is 4. The second-order valence-electron chi connectivity index (χ2n) is 5.84. The molecular formula is C17H22N6O. The van der Waals surface area contributed by atoms with Gasteiger partial charge in [-0.1, -0.05) is 0 Å². The summed E-state index contributed by atoms with van der Waals surface area (Å²) in [5.74, 6) is 1.42. The van der Waals surface area contributed by atoms with Crippen LogP contribution in [-0.2, 0) is 11.2 Å². The van der Waals surface area contributed by atoms with Crippen molar-refractivity contribution in [2.75, 3.05) is 29.0 Å². The summed E-state index contributed by atoms with van der Waals surface area (Å²) in [6.07, 6.45) is 3.95. The van der Waals surface area contributed by atoms with Crippen molar-refractivity contribution in [1.29, 1.82) is 0 Å². The van der Waals surface area contributed by atoms with Gasteiger partial charge < -0.3 is 21.7 Å². The molecule has 0 saturated heterocycles. The van der Waals surface area contributed by atoms with Crippen LogP contribution in [0.25, 0.3) is 0 Å². The molecule has 7 heteroatoms. The van der Waals surface area contributed by atoms with Crippen LogP contribution in [0.5, 0.6) is 0 Å². The summed E-state index contributed by atoms with van der Waals surface area (Å²) in [6.45, 7) is 3.40. The average molecular weight is 326 g/mol. The van der Waals surface area contributed by atoms with Crippen LogP contribution < -0.4 is 21.7 Å². The first-order valence-corrected chi connectivity index (χ1v) is 8.13. The standard InChI is InChI=1S/C17H22N6O/c1-11-10-20-17(23-16(11)19-8-2-7-18)21-13-4-5-14-12(9-13)3-6-15(24)22-14/h4-5,9-10H,2-3,6-8,18H2,1H3,(H,22,24)(H2,19,20,21,23). The minimum Gasteiger partial charge on any atom is -0.370 e. The molecule has 0 aliphatic carbocycles. The van der Waals surface area contributed by atoms with Crippen LogP contribution in [0, 0.1) is 6.92 Å². The highest BCUT2D eigenvalue weighted by molar-refractivity contribution is 5.94. The van der Waals surface area contributed by atoms with Crippen molar-refractivity contribution in [3.05, 3.63) is 35.5 Å². The fourth-order valence-corrected chi connectivity index (χ4v) is 2.58. The number of nitrogens with zero attached hydrogens (tertiary/aromatic N) is 2. The molecule has 1 amide bonds. The molecule has 0 atom stereocenters. The van der Waals surface area contributed by atoms with E-state index in [9.17, 15) is 4.79 Å². The Morgan fingerprint density at radius 1 is 1.33 bits per heavy atom. The highest BCUT2D eigenvalue weighted by atomic mass is 16.1. The number of carbonyl (C=O) groups is 1. The van der Waals surface area contributed by atoms with Crippen LogP contribution in [0.15, 0.2) is 24.4 Å². The Labute approximate surface area is 141 Å². The second kappa shape index (κ2) is 7.27. The van der Waals surface area contributed by atoms with Gasteiger partial charge in [0.1, 0.15) is 5.82 Å². The molecule has 2 heterocycles. The number of aromatic nitrogens is 2. The highest BCUT2D eigenvalue weighted by Gasteiger charge is 2.15. The zero-order chi connectivity index (χ0) is 16.9. The third kappa shape index (κ3) is 3.80. The minimum atomic E-state index is 0.0678. The van der Waals surface area contributed by atoms with E-state index >= 15 is 0 Å². The topological polar surface area (TPSA) is 105 Å². The van der Waals surface area contributed by atoms with Gasteiger partial charge in [-0.15, -0.1) is 0 Å². The SMILES string of the molecule is Cc1cnc(Nc2ccc3c(c2)CCC(=O)N3)nc1NCCCN. The summed E-state index contributed by atoms with van der Waals surface area (Å²) >= 11 is 0. The van der Waals surface area contributed by atoms with Crippen molar-refractivity contribution in [2.24, 2.45) is 5.73 Å². The van der Waals surface area contributed by atoms with Crippen molar-refractivity contribution < 1.29 is 4.79 Å². The zero-order valence-electron chi connectivity index (χ0n) is 13.7. The lowest BCUT2D eigenvalue weighted by Crippen LogP contribution is -2.18. The first-order valence-electron chi connectivity index (χ1n) is 8.13. The molecule has 3 rings (SSSR count). The van der Waals surface area contributed by atoms with Gasteiger partial charge in [0.25, 0.3) is 0 Å². The molecule has 1 aliphatic heterocycles. The first-order chi connectivity index (χ1) is 11.7. The van der Waals surface area contributed by atoms with Crippen molar-refractivity contribution in [3.63, 3.8) is 0 Å². The normalized spacial score (nSPS) is 13.2. The number of hydrogen-bond donors (Lipinski definition) is 4. The summed E-state index contributed by atoms with van der Waals surface area (Å²) in [5.41, 5.74) is 9.41. The van der Waals surface area contributed by atoms with Crippen molar-refractivity contribution in [3.8, 4) is 0 Å². The Balaban J connectivity index is 1.74. The molecule has 1 aliphatic rings. The fourth-order valence-electron chi connectivity index (χ4n) is 2.58. The second-order valence-corrected chi connectivity index (χ2v) is 5.84. The number of benzene rings is 1. The van der Waals surface area contributed by atoms with Crippen LogP contribution in [-0.4, -0.2) is 29.0 Å². The fraction of sp³-hybridized carbons (Fsp3) is 0.353. The summed E-state index contributed by atoms with van der Waals surface area (Å²) in [7, 11) is 0. The van der Waals surface area contributed by atoms with E-state index in [4.69, 9.17) is 5.73 Å². The van der Waals surface area contributed by atoms with Gasteiger partial charge in [0.05, 0.1) is 0 Å². The molecule has 24 heavy (non-hydrogen) atoms. The molecule has 2 aromatic rings. The Morgan fingerprint density at radius 2 is 2.21 bits per heavy atom. The lowest BCUT2D eigenvalue weighted by molar-refractivity contribution is -0.116. The lowest BCUT2D eigenvalue weighted by Gasteiger charge is -2.18. The first kappa shape index (κ1) is 16.2. The molecule has 7 nitrogen and oxygen atoms in total. The minimum absolute atomic E-state index is 0.0678. The van der Waals surface area contributed by atoms with Crippen LogP contribution in [0.2, 0.25) is 0 Å². The van der Waals surface area contributed by atoms with Gasteiger partial charge in [-0.3, -0.25) is 4.79 Å². The summed E-state index contributed by atoms with van der Waals surface area (Å²) in [4.78, 5) is 20.3. The molecule has 0 fully saturated rings. The number of nitrogens with two attached hydrogens (primary N) is 1. The Morgan fingerprint density at radius 3 is 3.04 bits per heavy atom. The zero-order valence-corrected chi connectivity index (χ0v) is 13.7. The smallest absolute Gasteiger partial charge is 0.229 e. The maximum Gasteiger partial charge on any atom is 0.229 e. The van der Waals surface area contributed by atoms with Gasteiger partial charge in [0.2, 0.25) is 11.9 Å². The molecule has 0 spiro atoms. The number of hydrogen-bond acceptors (Lipinski definition) is 6. The number of rotatable bonds is 6. The van der Waals surface area contributed by atoms with E-state index in [1.807, 2.05) is 25.1 Å². The van der Waals surface area contributed by atoms with Gasteiger partial charge in [-0.2, -0.15) is 4.98 Å². The molecule has 0 radical (unpaired) electrons. The largest absolute Gasteiger partial charge is 0.370 e. The number of fused-ring (bicyclic) bond motifs is 1. The quantitative estimate of drug-likeness (QED) is 0.606. The molecule has 0 saturated carbocycles. The average Bonchev–Trinajstić information content (AvgIpc) is 2.58. The summed E-state index contributed by atoms with van der Waals surface area (Å²) in [6, 6.07) is 5.85. The van der Waals surface area contributed by atoms with E-state index in [0.717, 1.165) is 47.7 Å². The van der Waals surface area contributed by atoms with Crippen molar-refractivity contribution in [1.82, 2.24) is 9.97 Å². The van der Waals surface area contributed by atoms with Crippen molar-refractivity contribution >= 4 is 29.0 Å². The number of amides is 1. The van der Waals surface area contributed by atoms with Gasteiger partial charge in [0.15, 0.2) is 0 Å². The van der Waals surface area contributed by atoms with E-state index in [1.165, 1.54) is 0 Å². The van der Waals surface area contributed by atoms with E-state index in [2.05, 4.69) is 25.9 Å². The third-order valence-corrected chi connectivity index (χ3v) is 3.90.